The summed E-state index contributed by atoms with van der Waals surface area (Å²) in [4.78, 5) is 12.5. The number of fused-ring (bicyclic) bond motifs is 1. The first-order valence-electron chi connectivity index (χ1n) is 9.68. The Hall–Kier alpha value is -3.54. The van der Waals surface area contributed by atoms with Crippen molar-refractivity contribution in [2.24, 2.45) is 0 Å². The highest BCUT2D eigenvalue weighted by Crippen LogP contribution is 2.28. The van der Waals surface area contributed by atoms with Crippen molar-refractivity contribution < 1.29 is 4.74 Å². The number of methoxy groups -OCH3 is 1. The zero-order chi connectivity index (χ0) is 20.2. The molecule has 29 heavy (non-hydrogen) atoms. The van der Waals surface area contributed by atoms with Gasteiger partial charge >= 0.3 is 0 Å². The molecule has 4 aromatic rings. The van der Waals surface area contributed by atoms with Gasteiger partial charge in [-0.25, -0.2) is 4.98 Å². The fourth-order valence-corrected chi connectivity index (χ4v) is 3.42. The zero-order valence-electron chi connectivity index (χ0n) is 16.9. The van der Waals surface area contributed by atoms with E-state index in [1.807, 2.05) is 44.2 Å². The highest BCUT2D eigenvalue weighted by Gasteiger charge is 2.08. The molecule has 148 valence electrons. The fraction of sp³-hybridized carbons (Fsp3) is 0.217. The summed E-state index contributed by atoms with van der Waals surface area (Å²) in [6, 6.07) is 16.3. The van der Waals surface area contributed by atoms with Crippen LogP contribution in [-0.4, -0.2) is 28.6 Å². The predicted molar refractivity (Wildman–Crippen MR) is 118 cm³/mol. The molecular weight excluding hydrogens is 362 g/mol. The summed E-state index contributed by atoms with van der Waals surface area (Å²) < 4.78 is 5.45. The second kappa shape index (κ2) is 8.22. The number of para-hydroxylation sites is 1. The monoisotopic (exact) mass is 387 g/mol. The summed E-state index contributed by atoms with van der Waals surface area (Å²) in [5.41, 5.74) is 5.37. The summed E-state index contributed by atoms with van der Waals surface area (Å²) in [7, 11) is 1.67. The van der Waals surface area contributed by atoms with E-state index in [0.29, 0.717) is 5.95 Å². The Bertz CT molecular complexity index is 1140. The molecule has 2 heterocycles. The number of nitrogens with one attached hydrogen (secondary N) is 3. The molecule has 0 atom stereocenters. The number of nitrogens with zero attached hydrogens (tertiary/aromatic N) is 2. The Kier molecular flexibility index (Phi) is 5.33. The van der Waals surface area contributed by atoms with E-state index in [-0.39, 0.29) is 0 Å². The number of hydrogen-bond donors (Lipinski definition) is 3. The average Bonchev–Trinajstić information content (AvgIpc) is 3.11. The minimum absolute atomic E-state index is 0.610. The Morgan fingerprint density at radius 1 is 1.03 bits per heavy atom. The lowest BCUT2D eigenvalue weighted by molar-refractivity contribution is 0.416. The molecule has 6 heteroatoms. The van der Waals surface area contributed by atoms with E-state index in [1.54, 1.807) is 7.11 Å². The lowest BCUT2D eigenvalue weighted by Gasteiger charge is -2.13. The first-order valence-corrected chi connectivity index (χ1v) is 9.68. The van der Waals surface area contributed by atoms with Crippen LogP contribution >= 0.6 is 0 Å². The van der Waals surface area contributed by atoms with Gasteiger partial charge in [-0.05, 0) is 49.6 Å². The van der Waals surface area contributed by atoms with Gasteiger partial charge in [0.05, 0.1) is 12.8 Å². The summed E-state index contributed by atoms with van der Waals surface area (Å²) in [5, 5.41) is 7.96. The molecule has 0 saturated carbocycles. The summed E-state index contributed by atoms with van der Waals surface area (Å²) >= 11 is 0. The van der Waals surface area contributed by atoms with Crippen LogP contribution in [0.2, 0.25) is 0 Å². The first-order chi connectivity index (χ1) is 14.1. The van der Waals surface area contributed by atoms with Crippen LogP contribution in [0.5, 0.6) is 5.75 Å². The van der Waals surface area contributed by atoms with E-state index in [9.17, 15) is 0 Å². The van der Waals surface area contributed by atoms with Crippen molar-refractivity contribution in [3.05, 3.63) is 71.5 Å². The van der Waals surface area contributed by atoms with Crippen molar-refractivity contribution in [3.8, 4) is 5.75 Å². The van der Waals surface area contributed by atoms with E-state index >= 15 is 0 Å². The molecule has 6 nitrogen and oxygen atoms in total. The number of anilines is 3. The molecule has 3 N–H and O–H groups in total. The van der Waals surface area contributed by atoms with Crippen molar-refractivity contribution in [1.29, 1.82) is 0 Å². The Labute approximate surface area is 170 Å². The standard InChI is InChI=1S/C23H25N5O/c1-15-8-9-21(29-3)20(12-15)27-22-13-16(2)26-23(28-22)24-11-10-17-14-25-19-7-5-4-6-18(17)19/h4-9,12-14,25H,10-11H2,1-3H3,(H2,24,26,27,28). The highest BCUT2D eigenvalue weighted by atomic mass is 16.5. The van der Waals surface area contributed by atoms with Crippen LogP contribution in [0.15, 0.2) is 54.7 Å². The van der Waals surface area contributed by atoms with Gasteiger partial charge in [0.25, 0.3) is 0 Å². The third kappa shape index (κ3) is 4.32. The van der Waals surface area contributed by atoms with Crippen molar-refractivity contribution in [1.82, 2.24) is 15.0 Å². The second-order valence-corrected chi connectivity index (χ2v) is 7.08. The molecule has 0 fully saturated rings. The largest absolute Gasteiger partial charge is 0.495 e. The second-order valence-electron chi connectivity index (χ2n) is 7.08. The molecule has 4 rings (SSSR count). The van der Waals surface area contributed by atoms with E-state index in [2.05, 4.69) is 50.0 Å². The molecule has 0 aliphatic heterocycles. The summed E-state index contributed by atoms with van der Waals surface area (Å²) in [6.07, 6.45) is 2.95. The number of aromatic nitrogens is 3. The van der Waals surface area contributed by atoms with Gasteiger partial charge in [0.15, 0.2) is 0 Å². The number of rotatable bonds is 7. The predicted octanol–water partition coefficient (Wildman–Crippen LogP) is 4.98. The maximum Gasteiger partial charge on any atom is 0.224 e. The van der Waals surface area contributed by atoms with Crippen molar-refractivity contribution in [2.45, 2.75) is 20.3 Å². The van der Waals surface area contributed by atoms with Gasteiger partial charge in [0.1, 0.15) is 11.6 Å². The fourth-order valence-electron chi connectivity index (χ4n) is 3.42. The Balaban J connectivity index is 1.46. The van der Waals surface area contributed by atoms with Gasteiger partial charge in [-0.15, -0.1) is 0 Å². The van der Waals surface area contributed by atoms with Crippen LogP contribution in [0.3, 0.4) is 0 Å². The van der Waals surface area contributed by atoms with Crippen LogP contribution in [0, 0.1) is 13.8 Å². The maximum atomic E-state index is 5.45. The lowest BCUT2D eigenvalue weighted by Crippen LogP contribution is -2.09. The molecule has 0 radical (unpaired) electrons. The van der Waals surface area contributed by atoms with E-state index in [4.69, 9.17) is 4.74 Å². The smallest absolute Gasteiger partial charge is 0.224 e. The van der Waals surface area contributed by atoms with Gasteiger partial charge in [-0.3, -0.25) is 0 Å². The number of H-pyrrole nitrogens is 1. The topological polar surface area (TPSA) is 74.9 Å². The zero-order valence-corrected chi connectivity index (χ0v) is 16.9. The third-order valence-corrected chi connectivity index (χ3v) is 4.82. The van der Waals surface area contributed by atoms with Crippen molar-refractivity contribution in [2.75, 3.05) is 24.3 Å². The van der Waals surface area contributed by atoms with Gasteiger partial charge in [-0.2, -0.15) is 4.98 Å². The number of aryl methyl sites for hydroxylation is 2. The normalized spacial score (nSPS) is 10.9. The molecular formula is C23H25N5O. The Morgan fingerprint density at radius 3 is 2.76 bits per heavy atom. The maximum absolute atomic E-state index is 5.45. The van der Waals surface area contributed by atoms with Gasteiger partial charge < -0.3 is 20.4 Å². The van der Waals surface area contributed by atoms with Crippen molar-refractivity contribution >= 4 is 28.4 Å². The number of aromatic amines is 1. The number of ether oxygens (including phenoxy) is 1. The molecule has 0 aliphatic carbocycles. The number of benzene rings is 2. The third-order valence-electron chi connectivity index (χ3n) is 4.82. The number of hydrogen-bond acceptors (Lipinski definition) is 5. The minimum atomic E-state index is 0.610. The molecule has 0 spiro atoms. The van der Waals surface area contributed by atoms with Gasteiger partial charge in [-0.1, -0.05) is 24.3 Å². The van der Waals surface area contributed by atoms with E-state index in [0.717, 1.165) is 47.0 Å². The van der Waals surface area contributed by atoms with Gasteiger partial charge in [0, 0.05) is 35.4 Å². The molecule has 0 aliphatic rings. The minimum Gasteiger partial charge on any atom is -0.495 e. The highest BCUT2D eigenvalue weighted by molar-refractivity contribution is 5.83. The van der Waals surface area contributed by atoms with Crippen molar-refractivity contribution in [3.63, 3.8) is 0 Å². The van der Waals surface area contributed by atoms with Crippen LogP contribution in [0.25, 0.3) is 10.9 Å². The summed E-state index contributed by atoms with van der Waals surface area (Å²) in [5.74, 6) is 2.12. The molecule has 0 amide bonds. The molecule has 0 bridgehead atoms. The van der Waals surface area contributed by atoms with E-state index in [1.165, 1.54) is 10.9 Å². The average molecular weight is 387 g/mol. The van der Waals surface area contributed by atoms with Crippen LogP contribution < -0.4 is 15.4 Å². The molecule has 0 unspecified atom stereocenters. The quantitative estimate of drug-likeness (QED) is 0.417. The van der Waals surface area contributed by atoms with E-state index < -0.39 is 0 Å². The van der Waals surface area contributed by atoms with Gasteiger partial charge in [0.2, 0.25) is 5.95 Å². The first kappa shape index (κ1) is 18.8. The molecule has 0 saturated heterocycles. The van der Waals surface area contributed by atoms with Crippen LogP contribution in [0.4, 0.5) is 17.5 Å². The summed E-state index contributed by atoms with van der Waals surface area (Å²) in [6.45, 7) is 4.76. The van der Waals surface area contributed by atoms with Crippen LogP contribution in [-0.2, 0) is 6.42 Å². The van der Waals surface area contributed by atoms with Crippen LogP contribution in [0.1, 0.15) is 16.8 Å². The lowest BCUT2D eigenvalue weighted by atomic mass is 10.1. The Morgan fingerprint density at radius 2 is 1.90 bits per heavy atom. The molecule has 2 aromatic carbocycles. The molecule has 2 aromatic heterocycles. The SMILES string of the molecule is COc1ccc(C)cc1Nc1cc(C)nc(NCCc2c[nH]c3ccccc23)n1.